The standard InChI is InChI=1S/C27H22N2O7/c1-3-35-22-6-4-5-17-13-20(24(30)29-21-14-18(27(33)34)8-7-15(21)2)25(36-23(17)22)28-19-11-9-16(10-12-19)26(31)32/h4-14H,3H2,1-2H3,(H,29,30)(H,31,32)(H,33,34). The summed E-state index contributed by atoms with van der Waals surface area (Å²) in [5, 5.41) is 21.8. The van der Waals surface area contributed by atoms with Crippen LogP contribution in [0.4, 0.5) is 11.4 Å². The predicted molar refractivity (Wildman–Crippen MR) is 132 cm³/mol. The van der Waals surface area contributed by atoms with Gasteiger partial charge in [0.25, 0.3) is 5.91 Å². The van der Waals surface area contributed by atoms with Crippen molar-refractivity contribution in [3.05, 3.63) is 94.5 Å². The molecular formula is C27H22N2O7. The van der Waals surface area contributed by atoms with Crippen LogP contribution >= 0.6 is 0 Å². The number of hydrogen-bond donors (Lipinski definition) is 3. The number of rotatable bonds is 7. The SMILES string of the molecule is CCOc1cccc2cc(C(=O)Nc3cc(C(=O)O)ccc3C)c(=Nc3ccc(C(=O)O)cc3)oc12. The third-order valence-electron chi connectivity index (χ3n) is 5.36. The highest BCUT2D eigenvalue weighted by Gasteiger charge is 2.17. The van der Waals surface area contributed by atoms with Gasteiger partial charge in [-0.15, -0.1) is 0 Å². The minimum absolute atomic E-state index is 0.0257. The maximum Gasteiger partial charge on any atom is 0.335 e. The maximum atomic E-state index is 13.4. The van der Waals surface area contributed by atoms with Crippen LogP contribution in [0.5, 0.6) is 5.75 Å². The average Bonchev–Trinajstić information content (AvgIpc) is 2.85. The van der Waals surface area contributed by atoms with Crippen molar-refractivity contribution in [3.8, 4) is 5.75 Å². The van der Waals surface area contributed by atoms with E-state index in [9.17, 15) is 19.5 Å². The second kappa shape index (κ2) is 10.1. The first-order valence-corrected chi connectivity index (χ1v) is 11.0. The average molecular weight is 486 g/mol. The molecule has 182 valence electrons. The number of aromatic carboxylic acids is 2. The van der Waals surface area contributed by atoms with Gasteiger partial charge in [0.2, 0.25) is 5.55 Å². The Kier molecular flexibility index (Phi) is 6.82. The summed E-state index contributed by atoms with van der Waals surface area (Å²) in [7, 11) is 0. The highest BCUT2D eigenvalue weighted by molar-refractivity contribution is 6.06. The lowest BCUT2D eigenvalue weighted by atomic mass is 10.1. The number of amides is 1. The molecule has 0 atom stereocenters. The molecule has 1 amide bonds. The molecule has 9 heteroatoms. The summed E-state index contributed by atoms with van der Waals surface area (Å²) < 4.78 is 11.7. The third kappa shape index (κ3) is 5.10. The number of aryl methyl sites for hydroxylation is 1. The van der Waals surface area contributed by atoms with Crippen molar-refractivity contribution in [2.24, 2.45) is 4.99 Å². The first kappa shape index (κ1) is 24.2. The summed E-state index contributed by atoms with van der Waals surface area (Å²) >= 11 is 0. The number of fused-ring (bicyclic) bond motifs is 1. The Bertz CT molecular complexity index is 1550. The number of benzene rings is 3. The first-order chi connectivity index (χ1) is 17.3. The quantitative estimate of drug-likeness (QED) is 0.333. The fraction of sp³-hybridized carbons (Fsp3) is 0.111. The molecule has 0 saturated heterocycles. The zero-order valence-corrected chi connectivity index (χ0v) is 19.4. The van der Waals surface area contributed by atoms with Crippen molar-refractivity contribution in [2.45, 2.75) is 13.8 Å². The number of para-hydroxylation sites is 1. The van der Waals surface area contributed by atoms with E-state index in [1.165, 1.54) is 36.4 Å². The van der Waals surface area contributed by atoms with Crippen LogP contribution < -0.4 is 15.6 Å². The molecule has 0 aliphatic carbocycles. The van der Waals surface area contributed by atoms with Crippen LogP contribution in [-0.2, 0) is 0 Å². The number of ether oxygens (including phenoxy) is 1. The van der Waals surface area contributed by atoms with E-state index in [1.54, 1.807) is 37.3 Å². The molecule has 0 unspecified atom stereocenters. The monoisotopic (exact) mass is 486 g/mol. The van der Waals surface area contributed by atoms with E-state index in [-0.39, 0.29) is 22.2 Å². The Morgan fingerprint density at radius 3 is 2.31 bits per heavy atom. The minimum atomic E-state index is -1.12. The molecule has 0 aliphatic heterocycles. The molecule has 0 spiro atoms. The van der Waals surface area contributed by atoms with E-state index in [1.807, 2.05) is 6.92 Å². The van der Waals surface area contributed by atoms with Gasteiger partial charge in [-0.25, -0.2) is 14.6 Å². The van der Waals surface area contributed by atoms with Crippen LogP contribution in [0.25, 0.3) is 11.0 Å². The van der Waals surface area contributed by atoms with Crippen LogP contribution in [0.3, 0.4) is 0 Å². The van der Waals surface area contributed by atoms with Crippen LogP contribution in [0.15, 0.2) is 76.1 Å². The summed E-state index contributed by atoms with van der Waals surface area (Å²) in [5.41, 5.74) is 1.96. The zero-order valence-electron chi connectivity index (χ0n) is 19.4. The lowest BCUT2D eigenvalue weighted by Gasteiger charge is -2.11. The smallest absolute Gasteiger partial charge is 0.335 e. The van der Waals surface area contributed by atoms with Gasteiger partial charge in [-0.2, -0.15) is 0 Å². The van der Waals surface area contributed by atoms with Gasteiger partial charge in [-0.3, -0.25) is 4.79 Å². The molecular weight excluding hydrogens is 464 g/mol. The van der Waals surface area contributed by atoms with Crippen molar-refractivity contribution >= 4 is 40.2 Å². The highest BCUT2D eigenvalue weighted by atomic mass is 16.5. The number of hydrogen-bond acceptors (Lipinski definition) is 6. The van der Waals surface area contributed by atoms with E-state index >= 15 is 0 Å². The van der Waals surface area contributed by atoms with Gasteiger partial charge in [0.05, 0.1) is 23.4 Å². The Morgan fingerprint density at radius 2 is 1.64 bits per heavy atom. The topological polar surface area (TPSA) is 138 Å². The van der Waals surface area contributed by atoms with Gasteiger partial charge >= 0.3 is 11.9 Å². The van der Waals surface area contributed by atoms with E-state index in [0.717, 1.165) is 0 Å². The number of carboxylic acids is 2. The maximum absolute atomic E-state index is 13.4. The predicted octanol–water partition coefficient (Wildman–Crippen LogP) is 5.02. The molecule has 0 fully saturated rings. The van der Waals surface area contributed by atoms with Crippen molar-refractivity contribution in [1.29, 1.82) is 0 Å². The van der Waals surface area contributed by atoms with Gasteiger partial charge < -0.3 is 24.7 Å². The largest absolute Gasteiger partial charge is 0.490 e. The second-order valence-corrected chi connectivity index (χ2v) is 7.83. The number of anilines is 1. The van der Waals surface area contributed by atoms with E-state index in [0.29, 0.717) is 40.3 Å². The molecule has 0 aliphatic rings. The normalized spacial score (nSPS) is 11.3. The number of nitrogens with zero attached hydrogens (tertiary/aromatic N) is 1. The molecule has 0 saturated carbocycles. The Labute approximate surface area is 205 Å². The number of carbonyl (C=O) groups is 3. The molecule has 36 heavy (non-hydrogen) atoms. The summed E-state index contributed by atoms with van der Waals surface area (Å²) in [4.78, 5) is 40.4. The van der Waals surface area contributed by atoms with E-state index in [2.05, 4.69) is 10.3 Å². The fourth-order valence-corrected chi connectivity index (χ4v) is 3.51. The van der Waals surface area contributed by atoms with Crippen LogP contribution in [0.2, 0.25) is 0 Å². The second-order valence-electron chi connectivity index (χ2n) is 7.83. The molecule has 4 aromatic rings. The molecule has 3 aromatic carbocycles. The summed E-state index contributed by atoms with van der Waals surface area (Å²) in [6.07, 6.45) is 0. The van der Waals surface area contributed by atoms with Crippen molar-refractivity contribution in [1.82, 2.24) is 0 Å². The van der Waals surface area contributed by atoms with Crippen LogP contribution in [-0.4, -0.2) is 34.7 Å². The van der Waals surface area contributed by atoms with Gasteiger partial charge in [-0.05, 0) is 67.9 Å². The Morgan fingerprint density at radius 1 is 0.944 bits per heavy atom. The van der Waals surface area contributed by atoms with E-state index in [4.69, 9.17) is 14.3 Å². The minimum Gasteiger partial charge on any atom is -0.490 e. The fourth-order valence-electron chi connectivity index (χ4n) is 3.51. The van der Waals surface area contributed by atoms with Gasteiger partial charge in [-0.1, -0.05) is 18.2 Å². The number of carboxylic acid groups (broad SMARTS) is 2. The lowest BCUT2D eigenvalue weighted by Crippen LogP contribution is -2.22. The summed E-state index contributed by atoms with van der Waals surface area (Å²) in [6.45, 7) is 3.98. The van der Waals surface area contributed by atoms with Crippen molar-refractivity contribution in [2.75, 3.05) is 11.9 Å². The molecule has 9 nitrogen and oxygen atoms in total. The number of carbonyl (C=O) groups excluding carboxylic acids is 1. The molecule has 4 rings (SSSR count). The van der Waals surface area contributed by atoms with Gasteiger partial charge in [0.1, 0.15) is 5.56 Å². The van der Waals surface area contributed by atoms with Gasteiger partial charge in [0, 0.05) is 11.1 Å². The Hall–Kier alpha value is -4.92. The van der Waals surface area contributed by atoms with Crippen LogP contribution in [0.1, 0.15) is 43.6 Å². The summed E-state index contributed by atoms with van der Waals surface area (Å²) in [6, 6.07) is 17.1. The molecule has 0 radical (unpaired) electrons. The third-order valence-corrected chi connectivity index (χ3v) is 5.36. The Balaban J connectivity index is 1.86. The summed E-state index contributed by atoms with van der Waals surface area (Å²) in [5.74, 6) is -2.27. The van der Waals surface area contributed by atoms with Crippen LogP contribution in [0, 0.1) is 6.92 Å². The molecule has 1 heterocycles. The van der Waals surface area contributed by atoms with Crippen molar-refractivity contribution in [3.63, 3.8) is 0 Å². The first-order valence-electron chi connectivity index (χ1n) is 11.0. The number of nitrogens with one attached hydrogen (secondary N) is 1. The van der Waals surface area contributed by atoms with Gasteiger partial charge in [0.15, 0.2) is 11.3 Å². The lowest BCUT2D eigenvalue weighted by molar-refractivity contribution is 0.0686. The molecule has 3 N–H and O–H groups in total. The highest BCUT2D eigenvalue weighted by Crippen LogP contribution is 2.26. The van der Waals surface area contributed by atoms with Crippen molar-refractivity contribution < 1.29 is 33.8 Å². The molecule has 0 bridgehead atoms. The molecule has 1 aromatic heterocycles. The zero-order chi connectivity index (χ0) is 25.8. The van der Waals surface area contributed by atoms with E-state index < -0.39 is 17.8 Å².